The fraction of sp³-hybridized carbons (Fsp3) is 0.500. The van der Waals surface area contributed by atoms with Crippen LogP contribution in [0.15, 0.2) is 24.3 Å². The minimum Gasteiger partial charge on any atom is -0.493 e. The molecule has 1 aliphatic rings. The lowest BCUT2D eigenvalue weighted by Crippen LogP contribution is -2.32. The molecule has 0 spiro atoms. The summed E-state index contributed by atoms with van der Waals surface area (Å²) < 4.78 is 5.57. The SMILES string of the molecule is Cc1cccc(OCCC(=O)N2CC[C@@H](N)C2)c1. The highest BCUT2D eigenvalue weighted by atomic mass is 16.5. The lowest BCUT2D eigenvalue weighted by molar-refractivity contribution is -0.130. The zero-order valence-electron chi connectivity index (χ0n) is 10.8. The van der Waals surface area contributed by atoms with E-state index in [1.54, 1.807) is 0 Å². The van der Waals surface area contributed by atoms with Crippen molar-refractivity contribution < 1.29 is 9.53 Å². The number of nitrogens with zero attached hydrogens (tertiary/aromatic N) is 1. The standard InChI is InChI=1S/C14H20N2O2/c1-11-3-2-4-13(9-11)18-8-6-14(17)16-7-5-12(15)10-16/h2-4,9,12H,5-8,10,15H2,1H3/t12-/m1/s1. The molecule has 0 unspecified atom stereocenters. The third kappa shape index (κ3) is 3.47. The van der Waals surface area contributed by atoms with Crippen molar-refractivity contribution >= 4 is 5.91 Å². The van der Waals surface area contributed by atoms with E-state index in [-0.39, 0.29) is 11.9 Å². The number of aryl methyl sites for hydroxylation is 1. The first-order valence-corrected chi connectivity index (χ1v) is 6.38. The molecule has 0 saturated carbocycles. The molecule has 98 valence electrons. The first-order valence-electron chi connectivity index (χ1n) is 6.38. The van der Waals surface area contributed by atoms with Crippen molar-refractivity contribution in [2.45, 2.75) is 25.8 Å². The Hall–Kier alpha value is -1.55. The Morgan fingerprint density at radius 2 is 2.39 bits per heavy atom. The number of hydrogen-bond acceptors (Lipinski definition) is 3. The maximum atomic E-state index is 11.8. The van der Waals surface area contributed by atoms with Gasteiger partial charge in [0.15, 0.2) is 0 Å². The fourth-order valence-electron chi connectivity index (χ4n) is 2.13. The quantitative estimate of drug-likeness (QED) is 0.874. The number of likely N-dealkylation sites (tertiary alicyclic amines) is 1. The molecule has 1 atom stereocenters. The third-order valence-corrected chi connectivity index (χ3v) is 3.15. The molecule has 1 aromatic carbocycles. The molecule has 2 rings (SSSR count). The van der Waals surface area contributed by atoms with E-state index >= 15 is 0 Å². The van der Waals surface area contributed by atoms with Crippen LogP contribution >= 0.6 is 0 Å². The van der Waals surface area contributed by atoms with Crippen molar-refractivity contribution in [3.63, 3.8) is 0 Å². The van der Waals surface area contributed by atoms with Crippen molar-refractivity contribution in [1.82, 2.24) is 4.90 Å². The second-order valence-corrected chi connectivity index (χ2v) is 4.80. The highest BCUT2D eigenvalue weighted by Gasteiger charge is 2.22. The Bertz CT molecular complexity index is 420. The Morgan fingerprint density at radius 1 is 1.56 bits per heavy atom. The van der Waals surface area contributed by atoms with Gasteiger partial charge >= 0.3 is 0 Å². The fourth-order valence-corrected chi connectivity index (χ4v) is 2.13. The molecule has 1 aromatic rings. The summed E-state index contributed by atoms with van der Waals surface area (Å²) in [7, 11) is 0. The molecular weight excluding hydrogens is 228 g/mol. The van der Waals surface area contributed by atoms with Gasteiger partial charge in [0.25, 0.3) is 0 Å². The van der Waals surface area contributed by atoms with Gasteiger partial charge in [-0.1, -0.05) is 12.1 Å². The molecule has 2 N–H and O–H groups in total. The number of benzene rings is 1. The number of nitrogens with two attached hydrogens (primary N) is 1. The van der Waals surface area contributed by atoms with Crippen LogP contribution in [0.25, 0.3) is 0 Å². The molecule has 18 heavy (non-hydrogen) atoms. The Kier molecular flexibility index (Phi) is 4.20. The molecule has 4 heteroatoms. The summed E-state index contributed by atoms with van der Waals surface area (Å²) in [6, 6.07) is 7.99. The van der Waals surface area contributed by atoms with Gasteiger partial charge in [0, 0.05) is 19.1 Å². The van der Waals surface area contributed by atoms with E-state index in [1.165, 1.54) is 0 Å². The maximum Gasteiger partial charge on any atom is 0.226 e. The van der Waals surface area contributed by atoms with Gasteiger partial charge in [0.1, 0.15) is 5.75 Å². The molecule has 0 radical (unpaired) electrons. The number of amides is 1. The molecule has 0 bridgehead atoms. The van der Waals surface area contributed by atoms with E-state index in [9.17, 15) is 4.79 Å². The van der Waals surface area contributed by atoms with Gasteiger partial charge in [-0.2, -0.15) is 0 Å². The van der Waals surface area contributed by atoms with Crippen LogP contribution in [0.3, 0.4) is 0 Å². The van der Waals surface area contributed by atoms with Crippen molar-refractivity contribution in [3.8, 4) is 5.75 Å². The van der Waals surface area contributed by atoms with E-state index in [1.807, 2.05) is 36.1 Å². The van der Waals surface area contributed by atoms with Crippen molar-refractivity contribution in [3.05, 3.63) is 29.8 Å². The van der Waals surface area contributed by atoms with Gasteiger partial charge in [0.05, 0.1) is 13.0 Å². The van der Waals surface area contributed by atoms with E-state index in [4.69, 9.17) is 10.5 Å². The lowest BCUT2D eigenvalue weighted by Gasteiger charge is -2.15. The molecule has 4 nitrogen and oxygen atoms in total. The third-order valence-electron chi connectivity index (χ3n) is 3.15. The predicted molar refractivity (Wildman–Crippen MR) is 70.5 cm³/mol. The van der Waals surface area contributed by atoms with Crippen LogP contribution in [0.5, 0.6) is 5.75 Å². The van der Waals surface area contributed by atoms with Gasteiger partial charge in [-0.3, -0.25) is 4.79 Å². The normalized spacial score (nSPS) is 19.0. The van der Waals surface area contributed by atoms with Crippen molar-refractivity contribution in [2.24, 2.45) is 5.73 Å². The van der Waals surface area contributed by atoms with Crippen LogP contribution < -0.4 is 10.5 Å². The molecule has 1 amide bonds. The molecule has 1 aliphatic heterocycles. The average Bonchev–Trinajstić information content (AvgIpc) is 2.76. The molecule has 1 heterocycles. The van der Waals surface area contributed by atoms with Crippen molar-refractivity contribution in [2.75, 3.05) is 19.7 Å². The summed E-state index contributed by atoms with van der Waals surface area (Å²) in [5, 5.41) is 0. The van der Waals surface area contributed by atoms with Gasteiger partial charge in [-0.25, -0.2) is 0 Å². The number of carbonyl (C=O) groups is 1. The lowest BCUT2D eigenvalue weighted by atomic mass is 10.2. The van der Waals surface area contributed by atoms with E-state index < -0.39 is 0 Å². The highest BCUT2D eigenvalue weighted by molar-refractivity contribution is 5.76. The minimum absolute atomic E-state index is 0.135. The Balaban J connectivity index is 1.73. The molecule has 1 saturated heterocycles. The van der Waals surface area contributed by atoms with Gasteiger partial charge in [-0.05, 0) is 31.0 Å². The second kappa shape index (κ2) is 5.87. The maximum absolute atomic E-state index is 11.8. The van der Waals surface area contributed by atoms with Gasteiger partial charge in [0.2, 0.25) is 5.91 Å². The number of hydrogen-bond donors (Lipinski definition) is 1. The average molecular weight is 248 g/mol. The summed E-state index contributed by atoms with van der Waals surface area (Å²) >= 11 is 0. The van der Waals surface area contributed by atoms with Gasteiger partial charge in [-0.15, -0.1) is 0 Å². The summed E-state index contributed by atoms with van der Waals surface area (Å²) in [5.74, 6) is 0.955. The van der Waals surface area contributed by atoms with Crippen LogP contribution in [-0.2, 0) is 4.79 Å². The number of carbonyl (C=O) groups excluding carboxylic acids is 1. The van der Waals surface area contributed by atoms with Gasteiger partial charge < -0.3 is 15.4 Å². The monoisotopic (exact) mass is 248 g/mol. The zero-order valence-corrected chi connectivity index (χ0v) is 10.8. The summed E-state index contributed by atoms with van der Waals surface area (Å²) in [6.07, 6.45) is 1.32. The number of ether oxygens (including phenoxy) is 1. The molecule has 1 fully saturated rings. The summed E-state index contributed by atoms with van der Waals surface area (Å²) in [5.41, 5.74) is 6.93. The van der Waals surface area contributed by atoms with Crippen molar-refractivity contribution in [1.29, 1.82) is 0 Å². The van der Waals surface area contributed by atoms with Crippen LogP contribution in [0, 0.1) is 6.92 Å². The topological polar surface area (TPSA) is 55.6 Å². The first kappa shape index (κ1) is 12.9. The van der Waals surface area contributed by atoms with Crippen LogP contribution in [0.1, 0.15) is 18.4 Å². The number of rotatable bonds is 4. The predicted octanol–water partition coefficient (Wildman–Crippen LogP) is 1.32. The minimum atomic E-state index is 0.135. The van der Waals surface area contributed by atoms with E-state index in [2.05, 4.69) is 0 Å². The summed E-state index contributed by atoms with van der Waals surface area (Å²) in [6.45, 7) is 3.91. The summed E-state index contributed by atoms with van der Waals surface area (Å²) in [4.78, 5) is 13.7. The second-order valence-electron chi connectivity index (χ2n) is 4.80. The van der Waals surface area contributed by atoms with Crippen LogP contribution in [-0.4, -0.2) is 36.5 Å². The largest absolute Gasteiger partial charge is 0.493 e. The van der Waals surface area contributed by atoms with E-state index in [0.717, 1.165) is 24.3 Å². The zero-order chi connectivity index (χ0) is 13.0. The Morgan fingerprint density at radius 3 is 3.06 bits per heavy atom. The smallest absolute Gasteiger partial charge is 0.226 e. The van der Waals surface area contributed by atoms with E-state index in [0.29, 0.717) is 19.6 Å². The molecule has 0 aliphatic carbocycles. The first-order chi connectivity index (χ1) is 8.65. The Labute approximate surface area is 108 Å². The van der Waals surface area contributed by atoms with Crippen LogP contribution in [0.4, 0.5) is 0 Å². The molecule has 0 aromatic heterocycles. The highest BCUT2D eigenvalue weighted by Crippen LogP contribution is 2.13. The molecular formula is C14H20N2O2. The van der Waals surface area contributed by atoms with Crippen LogP contribution in [0.2, 0.25) is 0 Å².